The molecule has 0 radical (unpaired) electrons. The molecule has 7 heteroatoms. The number of anilines is 1. The van der Waals surface area contributed by atoms with Gasteiger partial charge in [-0.05, 0) is 31.2 Å². The number of amides is 1. The first-order valence-electron chi connectivity index (χ1n) is 9.33. The predicted octanol–water partition coefficient (Wildman–Crippen LogP) is 3.62. The van der Waals surface area contributed by atoms with E-state index in [1.54, 1.807) is 23.1 Å². The van der Waals surface area contributed by atoms with Crippen molar-refractivity contribution < 1.29 is 13.6 Å². The van der Waals surface area contributed by atoms with E-state index in [9.17, 15) is 14.4 Å². The molecule has 1 aliphatic rings. The number of nitriles is 1. The van der Waals surface area contributed by atoms with Crippen LogP contribution in [0.15, 0.2) is 52.9 Å². The fraction of sp³-hybridized carbons (Fsp3) is 0.227. The topological polar surface area (TPSA) is 73.4 Å². The Balaban J connectivity index is 1.51. The summed E-state index contributed by atoms with van der Waals surface area (Å²) in [4.78, 5) is 20.5. The van der Waals surface area contributed by atoms with Crippen LogP contribution in [-0.2, 0) is 0 Å². The van der Waals surface area contributed by atoms with Crippen molar-refractivity contribution in [3.63, 3.8) is 0 Å². The number of halogens is 1. The Labute approximate surface area is 167 Å². The molecule has 2 heterocycles. The van der Waals surface area contributed by atoms with Crippen LogP contribution in [0.25, 0.3) is 11.5 Å². The Bertz CT molecular complexity index is 1090. The van der Waals surface area contributed by atoms with Gasteiger partial charge in [-0.2, -0.15) is 10.2 Å². The van der Waals surface area contributed by atoms with Gasteiger partial charge in [0.15, 0.2) is 0 Å². The standard InChI is InChI=1S/C22H19FN4O2/c1-15-5-4-6-16(13-15)21(28)26-9-11-27(12-10-26)22-19(14-24)25-20(29-22)17-7-2-3-8-18(17)23/h2-8,13H,9-12H2,1H3. The minimum Gasteiger partial charge on any atom is -0.419 e. The van der Waals surface area contributed by atoms with Gasteiger partial charge in [0, 0.05) is 31.7 Å². The minimum absolute atomic E-state index is 0.0153. The summed E-state index contributed by atoms with van der Waals surface area (Å²) >= 11 is 0. The maximum absolute atomic E-state index is 14.1. The first kappa shape index (κ1) is 18.7. The van der Waals surface area contributed by atoms with Crippen LogP contribution in [0.2, 0.25) is 0 Å². The maximum Gasteiger partial charge on any atom is 0.253 e. The Hall–Kier alpha value is -3.66. The third-order valence-electron chi connectivity index (χ3n) is 4.94. The monoisotopic (exact) mass is 390 g/mol. The average molecular weight is 390 g/mol. The number of carbonyl (C=O) groups is 1. The van der Waals surface area contributed by atoms with Gasteiger partial charge in [-0.1, -0.05) is 29.8 Å². The molecule has 0 aliphatic carbocycles. The third kappa shape index (κ3) is 3.69. The number of hydrogen-bond acceptors (Lipinski definition) is 5. The lowest BCUT2D eigenvalue weighted by molar-refractivity contribution is 0.0745. The van der Waals surface area contributed by atoms with Gasteiger partial charge < -0.3 is 14.2 Å². The van der Waals surface area contributed by atoms with Crippen molar-refractivity contribution in [3.8, 4) is 17.5 Å². The Kier molecular flexibility index (Phi) is 5.00. The number of aromatic nitrogens is 1. The molecular formula is C22H19FN4O2. The molecule has 4 rings (SSSR count). The SMILES string of the molecule is Cc1cccc(C(=O)N2CCN(c3oc(-c4ccccc4F)nc3C#N)CC2)c1. The molecule has 1 saturated heterocycles. The predicted molar refractivity (Wildman–Crippen MR) is 106 cm³/mol. The number of rotatable bonds is 3. The summed E-state index contributed by atoms with van der Waals surface area (Å²) in [6.07, 6.45) is 0. The fourth-order valence-electron chi connectivity index (χ4n) is 3.42. The van der Waals surface area contributed by atoms with Crippen molar-refractivity contribution in [2.24, 2.45) is 0 Å². The van der Waals surface area contributed by atoms with Crippen molar-refractivity contribution in [2.45, 2.75) is 6.92 Å². The average Bonchev–Trinajstić information content (AvgIpc) is 3.18. The highest BCUT2D eigenvalue weighted by atomic mass is 19.1. The molecule has 6 nitrogen and oxygen atoms in total. The number of hydrogen-bond donors (Lipinski definition) is 0. The van der Waals surface area contributed by atoms with E-state index >= 15 is 0 Å². The normalized spacial score (nSPS) is 14.0. The van der Waals surface area contributed by atoms with E-state index in [-0.39, 0.29) is 23.1 Å². The molecule has 0 atom stereocenters. The van der Waals surface area contributed by atoms with Crippen LogP contribution in [0, 0.1) is 24.1 Å². The molecule has 1 aliphatic heterocycles. The molecule has 146 valence electrons. The summed E-state index contributed by atoms with van der Waals surface area (Å²) < 4.78 is 19.8. The number of oxazole rings is 1. The summed E-state index contributed by atoms with van der Waals surface area (Å²) in [7, 11) is 0. The lowest BCUT2D eigenvalue weighted by Gasteiger charge is -2.34. The molecule has 0 N–H and O–H groups in total. The molecule has 0 unspecified atom stereocenters. The smallest absolute Gasteiger partial charge is 0.253 e. The van der Waals surface area contributed by atoms with E-state index in [4.69, 9.17) is 4.42 Å². The van der Waals surface area contributed by atoms with E-state index in [1.165, 1.54) is 6.07 Å². The Morgan fingerprint density at radius 2 is 1.90 bits per heavy atom. The second-order valence-corrected chi connectivity index (χ2v) is 6.91. The van der Waals surface area contributed by atoms with Crippen molar-refractivity contribution >= 4 is 11.8 Å². The molecule has 2 aromatic carbocycles. The van der Waals surface area contributed by atoms with E-state index < -0.39 is 5.82 Å². The Morgan fingerprint density at radius 1 is 1.14 bits per heavy atom. The van der Waals surface area contributed by atoms with Crippen LogP contribution in [0.4, 0.5) is 10.3 Å². The van der Waals surface area contributed by atoms with Crippen LogP contribution in [0.3, 0.4) is 0 Å². The van der Waals surface area contributed by atoms with Crippen LogP contribution in [0.5, 0.6) is 0 Å². The van der Waals surface area contributed by atoms with Gasteiger partial charge in [0.1, 0.15) is 11.9 Å². The largest absolute Gasteiger partial charge is 0.419 e. The molecule has 0 spiro atoms. The maximum atomic E-state index is 14.1. The summed E-state index contributed by atoms with van der Waals surface area (Å²) in [5, 5.41) is 9.44. The first-order chi connectivity index (χ1) is 14.1. The van der Waals surface area contributed by atoms with Gasteiger partial charge in [-0.15, -0.1) is 0 Å². The number of aryl methyl sites for hydroxylation is 1. The quantitative estimate of drug-likeness (QED) is 0.683. The van der Waals surface area contributed by atoms with Crippen molar-refractivity contribution in [3.05, 3.63) is 71.2 Å². The first-order valence-corrected chi connectivity index (χ1v) is 9.33. The van der Waals surface area contributed by atoms with E-state index in [0.717, 1.165) is 5.56 Å². The molecule has 1 fully saturated rings. The third-order valence-corrected chi connectivity index (χ3v) is 4.94. The van der Waals surface area contributed by atoms with Crippen LogP contribution < -0.4 is 4.90 Å². The Morgan fingerprint density at radius 3 is 2.59 bits per heavy atom. The molecule has 0 bridgehead atoms. The number of nitrogens with zero attached hydrogens (tertiary/aromatic N) is 4. The highest BCUT2D eigenvalue weighted by Crippen LogP contribution is 2.30. The van der Waals surface area contributed by atoms with E-state index in [1.807, 2.05) is 42.2 Å². The van der Waals surface area contributed by atoms with Gasteiger partial charge >= 0.3 is 0 Å². The molecule has 29 heavy (non-hydrogen) atoms. The molecule has 1 amide bonds. The molecular weight excluding hydrogens is 371 g/mol. The van der Waals surface area contributed by atoms with Crippen molar-refractivity contribution in [2.75, 3.05) is 31.1 Å². The zero-order valence-corrected chi connectivity index (χ0v) is 15.9. The second kappa shape index (κ2) is 7.76. The van der Waals surface area contributed by atoms with Gasteiger partial charge in [-0.25, -0.2) is 4.39 Å². The van der Waals surface area contributed by atoms with Gasteiger partial charge in [0.25, 0.3) is 5.91 Å². The highest BCUT2D eigenvalue weighted by molar-refractivity contribution is 5.94. The van der Waals surface area contributed by atoms with Crippen LogP contribution in [-0.4, -0.2) is 42.0 Å². The lowest BCUT2D eigenvalue weighted by Crippen LogP contribution is -2.48. The van der Waals surface area contributed by atoms with Crippen LogP contribution >= 0.6 is 0 Å². The lowest BCUT2D eigenvalue weighted by atomic mass is 10.1. The fourth-order valence-corrected chi connectivity index (χ4v) is 3.42. The molecule has 0 saturated carbocycles. The van der Waals surface area contributed by atoms with E-state index in [2.05, 4.69) is 4.98 Å². The molecule has 3 aromatic rings. The summed E-state index contributed by atoms with van der Waals surface area (Å²) in [5.41, 5.74) is 2.03. The summed E-state index contributed by atoms with van der Waals surface area (Å²) in [6, 6.07) is 15.7. The van der Waals surface area contributed by atoms with E-state index in [0.29, 0.717) is 37.6 Å². The molecule has 1 aromatic heterocycles. The van der Waals surface area contributed by atoms with Gasteiger partial charge in [0.05, 0.1) is 5.56 Å². The highest BCUT2D eigenvalue weighted by Gasteiger charge is 2.27. The number of carbonyl (C=O) groups excluding carboxylic acids is 1. The summed E-state index contributed by atoms with van der Waals surface area (Å²) in [5.74, 6) is -0.0850. The number of piperazine rings is 1. The number of benzene rings is 2. The van der Waals surface area contributed by atoms with Crippen molar-refractivity contribution in [1.29, 1.82) is 5.26 Å². The minimum atomic E-state index is -0.460. The van der Waals surface area contributed by atoms with Crippen LogP contribution in [0.1, 0.15) is 21.6 Å². The zero-order valence-electron chi connectivity index (χ0n) is 15.9. The van der Waals surface area contributed by atoms with Gasteiger partial charge in [0.2, 0.25) is 17.5 Å². The van der Waals surface area contributed by atoms with Gasteiger partial charge in [-0.3, -0.25) is 4.79 Å². The zero-order chi connectivity index (χ0) is 20.4. The summed E-state index contributed by atoms with van der Waals surface area (Å²) in [6.45, 7) is 3.94. The second-order valence-electron chi connectivity index (χ2n) is 6.91. The van der Waals surface area contributed by atoms with Crippen molar-refractivity contribution in [1.82, 2.24) is 9.88 Å².